The normalized spacial score (nSPS) is 16.2. The van der Waals surface area contributed by atoms with Crippen molar-refractivity contribution in [2.24, 2.45) is 11.5 Å². The Morgan fingerprint density at radius 1 is 1.50 bits per heavy atom. The van der Waals surface area contributed by atoms with Gasteiger partial charge in [0.25, 0.3) is 0 Å². The van der Waals surface area contributed by atoms with Gasteiger partial charge < -0.3 is 11.5 Å². The average Bonchev–Trinajstić information content (AvgIpc) is 1.96. The molecule has 0 aliphatic rings. The Morgan fingerprint density at radius 2 is 2.00 bits per heavy atom. The summed E-state index contributed by atoms with van der Waals surface area (Å²) < 4.78 is 21.5. The number of amides is 1. The Balaban J connectivity index is 3.81. The summed E-state index contributed by atoms with van der Waals surface area (Å²) in [5, 5.41) is 0. The molecule has 0 radical (unpaired) electrons. The van der Waals surface area contributed by atoms with Gasteiger partial charge >= 0.3 is 0 Å². The first-order valence-electron chi connectivity index (χ1n) is 3.99. The van der Waals surface area contributed by atoms with Gasteiger partial charge in [0.2, 0.25) is 5.91 Å². The Bertz CT molecular complexity index is 298. The van der Waals surface area contributed by atoms with Crippen molar-refractivity contribution in [1.29, 1.82) is 0 Å². The van der Waals surface area contributed by atoms with E-state index in [1.54, 1.807) is 0 Å². The Kier molecular flexibility index (Phi) is 4.90. The molecule has 0 saturated carbocycles. The lowest BCUT2D eigenvalue weighted by atomic mass is 10.1. The van der Waals surface area contributed by atoms with Crippen LogP contribution in [0.3, 0.4) is 0 Å². The molecule has 0 rings (SSSR count). The largest absolute Gasteiger partial charge is 0.368 e. The van der Waals surface area contributed by atoms with Crippen LogP contribution in [0.5, 0.6) is 0 Å². The number of carbonyl (C=O) groups is 1. The fourth-order valence-electron chi connectivity index (χ4n) is 0.566. The van der Waals surface area contributed by atoms with Gasteiger partial charge in [-0.3, -0.25) is 4.79 Å². The number of nitrogens with two attached hydrogens (primary N) is 2. The van der Waals surface area contributed by atoms with Gasteiger partial charge in [-0.2, -0.15) is 11.8 Å². The van der Waals surface area contributed by atoms with E-state index in [1.807, 2.05) is 0 Å². The lowest BCUT2D eigenvalue weighted by Crippen LogP contribution is -2.51. The van der Waals surface area contributed by atoms with Crippen LogP contribution in [0.15, 0.2) is 0 Å². The molecule has 0 aliphatic heterocycles. The van der Waals surface area contributed by atoms with E-state index in [9.17, 15) is 13.2 Å². The third-order valence-corrected chi connectivity index (χ3v) is 4.06. The van der Waals surface area contributed by atoms with Crippen molar-refractivity contribution in [3.63, 3.8) is 0 Å². The van der Waals surface area contributed by atoms with Crippen LogP contribution in [-0.4, -0.2) is 43.4 Å². The van der Waals surface area contributed by atoms with Crippen LogP contribution in [0.25, 0.3) is 0 Å². The minimum absolute atomic E-state index is 0.0898. The number of thioether (sulfide) groups is 1. The van der Waals surface area contributed by atoms with E-state index in [0.29, 0.717) is 11.5 Å². The second kappa shape index (κ2) is 4.99. The fraction of sp³-hybridized carbons (Fsp3) is 0.857. The zero-order valence-electron chi connectivity index (χ0n) is 8.32. The first-order valence-corrected chi connectivity index (χ1v) is 7.21. The van der Waals surface area contributed by atoms with Crippen molar-refractivity contribution in [3.05, 3.63) is 0 Å². The van der Waals surface area contributed by atoms with E-state index < -0.39 is 21.3 Å². The molecule has 0 heterocycles. The number of primary amides is 1. The van der Waals surface area contributed by atoms with Crippen LogP contribution in [0, 0.1) is 0 Å². The number of hydrogen-bond donors (Lipinski definition) is 2. The van der Waals surface area contributed by atoms with E-state index in [4.69, 9.17) is 11.5 Å². The average molecular weight is 240 g/mol. The summed E-state index contributed by atoms with van der Waals surface area (Å²) in [5.41, 5.74) is 9.54. The third-order valence-electron chi connectivity index (χ3n) is 1.56. The van der Waals surface area contributed by atoms with Crippen LogP contribution in [-0.2, 0) is 14.6 Å². The molecule has 0 saturated heterocycles. The van der Waals surface area contributed by atoms with Crippen molar-refractivity contribution >= 4 is 27.5 Å². The van der Waals surface area contributed by atoms with Gasteiger partial charge in [-0.15, -0.1) is 0 Å². The maximum atomic E-state index is 10.8. The summed E-state index contributed by atoms with van der Waals surface area (Å²) in [6.45, 7) is 1.53. The minimum Gasteiger partial charge on any atom is -0.368 e. The first-order chi connectivity index (χ1) is 6.15. The highest BCUT2D eigenvalue weighted by Gasteiger charge is 2.25. The molecule has 0 bridgehead atoms. The van der Waals surface area contributed by atoms with Gasteiger partial charge in [0.05, 0.1) is 5.75 Å². The molecule has 0 fully saturated rings. The molecule has 1 unspecified atom stereocenters. The molecular weight excluding hydrogens is 224 g/mol. The van der Waals surface area contributed by atoms with E-state index in [1.165, 1.54) is 24.9 Å². The van der Waals surface area contributed by atoms with E-state index >= 15 is 0 Å². The SMILES string of the molecule is CC(N)(CSCCS(C)(=O)=O)C(N)=O. The fourth-order valence-corrected chi connectivity index (χ4v) is 2.96. The molecular formula is C7H16N2O3S2. The van der Waals surface area contributed by atoms with E-state index in [2.05, 4.69) is 0 Å². The molecule has 7 heteroatoms. The Hall–Kier alpha value is -0.270. The summed E-state index contributed by atoms with van der Waals surface area (Å²) in [4.78, 5) is 10.8. The summed E-state index contributed by atoms with van der Waals surface area (Å²) in [6.07, 6.45) is 1.17. The van der Waals surface area contributed by atoms with Crippen LogP contribution < -0.4 is 11.5 Å². The Morgan fingerprint density at radius 3 is 2.36 bits per heavy atom. The molecule has 14 heavy (non-hydrogen) atoms. The molecule has 84 valence electrons. The van der Waals surface area contributed by atoms with Crippen LogP contribution in [0.1, 0.15) is 6.92 Å². The molecule has 4 N–H and O–H groups in total. The van der Waals surface area contributed by atoms with Gasteiger partial charge in [0.1, 0.15) is 15.4 Å². The van der Waals surface area contributed by atoms with Crippen LogP contribution in [0.2, 0.25) is 0 Å². The maximum Gasteiger partial charge on any atom is 0.238 e. The molecule has 0 aromatic rings. The van der Waals surface area contributed by atoms with Gasteiger partial charge in [-0.05, 0) is 6.92 Å². The summed E-state index contributed by atoms with van der Waals surface area (Å²) in [6, 6.07) is 0. The second-order valence-electron chi connectivity index (χ2n) is 3.46. The van der Waals surface area contributed by atoms with Crippen molar-refractivity contribution in [1.82, 2.24) is 0 Å². The van der Waals surface area contributed by atoms with Crippen molar-refractivity contribution in [2.45, 2.75) is 12.5 Å². The zero-order chi connectivity index (χ0) is 11.4. The molecule has 0 aliphatic carbocycles. The zero-order valence-corrected chi connectivity index (χ0v) is 9.95. The molecule has 1 atom stereocenters. The number of rotatable bonds is 6. The lowest BCUT2D eigenvalue weighted by molar-refractivity contribution is -0.121. The number of sulfone groups is 1. The van der Waals surface area contributed by atoms with Crippen molar-refractivity contribution in [3.8, 4) is 0 Å². The van der Waals surface area contributed by atoms with Gasteiger partial charge in [0.15, 0.2) is 0 Å². The highest BCUT2D eigenvalue weighted by atomic mass is 32.2. The minimum atomic E-state index is -2.94. The van der Waals surface area contributed by atoms with Crippen LogP contribution in [0.4, 0.5) is 0 Å². The predicted molar refractivity (Wildman–Crippen MR) is 58.8 cm³/mol. The molecule has 5 nitrogen and oxygen atoms in total. The second-order valence-corrected chi connectivity index (χ2v) is 6.83. The number of hydrogen-bond acceptors (Lipinski definition) is 5. The quantitative estimate of drug-likeness (QED) is 0.578. The predicted octanol–water partition coefficient (Wildman–Crippen LogP) is -1.03. The molecule has 0 aromatic carbocycles. The topological polar surface area (TPSA) is 103 Å². The summed E-state index contributed by atoms with van der Waals surface area (Å²) in [5.74, 6) is 0.271. The van der Waals surface area contributed by atoms with Gasteiger partial charge in [-0.1, -0.05) is 0 Å². The Labute approximate surface area is 88.5 Å². The third kappa shape index (κ3) is 6.22. The smallest absolute Gasteiger partial charge is 0.238 e. The summed E-state index contributed by atoms with van der Waals surface area (Å²) in [7, 11) is -2.94. The molecule has 0 aromatic heterocycles. The first kappa shape index (κ1) is 13.7. The lowest BCUT2D eigenvalue weighted by Gasteiger charge is -2.19. The summed E-state index contributed by atoms with van der Waals surface area (Å²) >= 11 is 1.31. The monoisotopic (exact) mass is 240 g/mol. The standard InChI is InChI=1S/C7H16N2O3S2/c1-7(9,6(8)10)5-13-3-4-14(2,11)12/h3-5,9H2,1-2H3,(H2,8,10). The van der Waals surface area contributed by atoms with Crippen molar-refractivity contribution < 1.29 is 13.2 Å². The van der Waals surface area contributed by atoms with E-state index in [0.717, 1.165) is 0 Å². The van der Waals surface area contributed by atoms with Gasteiger partial charge in [0, 0.05) is 17.8 Å². The number of carbonyl (C=O) groups excluding carboxylic acids is 1. The highest BCUT2D eigenvalue weighted by Crippen LogP contribution is 2.10. The highest BCUT2D eigenvalue weighted by molar-refractivity contribution is 8.00. The van der Waals surface area contributed by atoms with Gasteiger partial charge in [-0.25, -0.2) is 8.42 Å². The van der Waals surface area contributed by atoms with E-state index in [-0.39, 0.29) is 5.75 Å². The van der Waals surface area contributed by atoms with Crippen molar-refractivity contribution in [2.75, 3.05) is 23.5 Å². The maximum absolute atomic E-state index is 10.8. The molecule has 0 spiro atoms. The van der Waals surface area contributed by atoms with Crippen LogP contribution >= 0.6 is 11.8 Å². The molecule has 1 amide bonds.